The highest BCUT2D eigenvalue weighted by Crippen LogP contribution is 2.40. The molecule has 1 amide bonds. The molecule has 2 aliphatic rings. The number of carbonyl (C=O) groups is 1. The van der Waals surface area contributed by atoms with Crippen LogP contribution in [-0.2, 0) is 6.42 Å². The second kappa shape index (κ2) is 8.99. The zero-order chi connectivity index (χ0) is 22.0. The molecule has 0 fully saturated rings. The predicted octanol–water partition coefficient (Wildman–Crippen LogP) is 4.61. The van der Waals surface area contributed by atoms with Crippen LogP contribution in [0.15, 0.2) is 30.3 Å². The fourth-order valence-corrected chi connectivity index (χ4v) is 4.02. The quantitative estimate of drug-likeness (QED) is 0.690. The molecule has 0 aliphatic carbocycles. The maximum Gasteiger partial charge on any atom is 0.387 e. The Balaban J connectivity index is 1.60. The Morgan fingerprint density at radius 3 is 2.61 bits per heavy atom. The van der Waals surface area contributed by atoms with Crippen molar-refractivity contribution in [2.45, 2.75) is 39.3 Å². The van der Waals surface area contributed by atoms with Crippen LogP contribution in [0, 0.1) is 0 Å². The number of hydrogen-bond donors (Lipinski definition) is 0. The summed E-state index contributed by atoms with van der Waals surface area (Å²) in [6.45, 7) is 2.75. The van der Waals surface area contributed by atoms with Gasteiger partial charge in [-0.05, 0) is 61.7 Å². The van der Waals surface area contributed by atoms with Crippen LogP contribution in [0.3, 0.4) is 0 Å². The van der Waals surface area contributed by atoms with Crippen LogP contribution < -0.4 is 18.9 Å². The molecule has 31 heavy (non-hydrogen) atoms. The molecule has 1 atom stereocenters. The summed E-state index contributed by atoms with van der Waals surface area (Å²) in [4.78, 5) is 15.0. The smallest absolute Gasteiger partial charge is 0.387 e. The Bertz CT molecular complexity index is 965. The number of benzene rings is 2. The number of alkyl halides is 2. The van der Waals surface area contributed by atoms with Gasteiger partial charge in [0.05, 0.1) is 25.9 Å². The first-order chi connectivity index (χ1) is 15.0. The largest absolute Gasteiger partial charge is 0.490 e. The van der Waals surface area contributed by atoms with Crippen LogP contribution in [-0.4, -0.2) is 43.8 Å². The van der Waals surface area contributed by atoms with E-state index in [-0.39, 0.29) is 30.1 Å². The summed E-state index contributed by atoms with van der Waals surface area (Å²) in [5, 5.41) is 0. The summed E-state index contributed by atoms with van der Waals surface area (Å²) in [5.74, 6) is 1.28. The van der Waals surface area contributed by atoms with Gasteiger partial charge >= 0.3 is 6.61 Å². The lowest BCUT2D eigenvalue weighted by Gasteiger charge is -2.36. The van der Waals surface area contributed by atoms with Gasteiger partial charge in [-0.3, -0.25) is 4.79 Å². The Morgan fingerprint density at radius 2 is 1.90 bits per heavy atom. The molecule has 0 N–H and O–H groups in total. The van der Waals surface area contributed by atoms with E-state index < -0.39 is 6.61 Å². The van der Waals surface area contributed by atoms with Gasteiger partial charge in [0.2, 0.25) is 0 Å². The molecule has 6 nitrogen and oxygen atoms in total. The molecule has 2 aromatic rings. The predicted molar refractivity (Wildman–Crippen MR) is 109 cm³/mol. The van der Waals surface area contributed by atoms with E-state index in [1.54, 1.807) is 11.8 Å². The van der Waals surface area contributed by atoms with Crippen LogP contribution in [0.2, 0.25) is 0 Å². The van der Waals surface area contributed by atoms with Gasteiger partial charge in [-0.25, -0.2) is 0 Å². The van der Waals surface area contributed by atoms with Gasteiger partial charge in [0.15, 0.2) is 23.0 Å². The molecule has 2 heterocycles. The van der Waals surface area contributed by atoms with Crippen molar-refractivity contribution in [3.63, 3.8) is 0 Å². The molecule has 166 valence electrons. The molecule has 0 aromatic heterocycles. The molecule has 0 bridgehead atoms. The molecule has 8 heteroatoms. The lowest BCUT2D eigenvalue weighted by Crippen LogP contribution is -2.38. The normalized spacial score (nSPS) is 17.7. The molecule has 2 aromatic carbocycles. The third-order valence-electron chi connectivity index (χ3n) is 5.52. The van der Waals surface area contributed by atoms with Gasteiger partial charge in [0, 0.05) is 18.5 Å². The number of ether oxygens (including phenoxy) is 4. The van der Waals surface area contributed by atoms with Gasteiger partial charge in [-0.15, -0.1) is 0 Å². The maximum absolute atomic E-state index is 13.3. The number of halogens is 2. The van der Waals surface area contributed by atoms with Crippen LogP contribution in [0.1, 0.15) is 47.8 Å². The van der Waals surface area contributed by atoms with Crippen LogP contribution >= 0.6 is 0 Å². The minimum absolute atomic E-state index is 0.0923. The van der Waals surface area contributed by atoms with E-state index in [1.807, 2.05) is 19.1 Å². The third kappa shape index (κ3) is 4.38. The summed E-state index contributed by atoms with van der Waals surface area (Å²) in [7, 11) is 0. The SMILES string of the molecule is CCOc1cc(C(=O)N2CCc3cc4c(cc3C2C)OCCCO4)ccc1OC(F)F. The Morgan fingerprint density at radius 1 is 1.16 bits per heavy atom. The molecular formula is C23H25F2NO5. The van der Waals surface area contributed by atoms with Crippen molar-refractivity contribution < 1.29 is 32.5 Å². The molecular weight excluding hydrogens is 408 g/mol. The Kier molecular flexibility index (Phi) is 6.15. The van der Waals surface area contributed by atoms with E-state index in [9.17, 15) is 13.6 Å². The van der Waals surface area contributed by atoms with Crippen LogP contribution in [0.25, 0.3) is 0 Å². The number of hydrogen-bond acceptors (Lipinski definition) is 5. The van der Waals surface area contributed by atoms with E-state index >= 15 is 0 Å². The first kappa shape index (κ1) is 21.2. The van der Waals surface area contributed by atoms with E-state index in [4.69, 9.17) is 14.2 Å². The van der Waals surface area contributed by atoms with Crippen molar-refractivity contribution in [2.75, 3.05) is 26.4 Å². The highest BCUT2D eigenvalue weighted by Gasteiger charge is 2.30. The Labute approximate surface area is 179 Å². The van der Waals surface area contributed by atoms with Crippen molar-refractivity contribution in [2.24, 2.45) is 0 Å². The fourth-order valence-electron chi connectivity index (χ4n) is 4.02. The average molecular weight is 433 g/mol. The summed E-state index contributed by atoms with van der Waals surface area (Å²) in [5.41, 5.74) is 2.51. The molecule has 0 spiro atoms. The number of fused-ring (bicyclic) bond motifs is 2. The van der Waals surface area contributed by atoms with Gasteiger partial charge < -0.3 is 23.8 Å². The summed E-state index contributed by atoms with van der Waals surface area (Å²) < 4.78 is 46.8. The summed E-state index contributed by atoms with van der Waals surface area (Å²) in [6, 6.07) is 8.08. The van der Waals surface area contributed by atoms with Crippen LogP contribution in [0.5, 0.6) is 23.0 Å². The minimum Gasteiger partial charge on any atom is -0.490 e. The van der Waals surface area contributed by atoms with Crippen molar-refractivity contribution in [3.05, 3.63) is 47.0 Å². The molecule has 0 saturated carbocycles. The lowest BCUT2D eigenvalue weighted by molar-refractivity contribution is -0.0514. The first-order valence-electron chi connectivity index (χ1n) is 10.4. The lowest BCUT2D eigenvalue weighted by atomic mass is 9.92. The maximum atomic E-state index is 13.3. The highest BCUT2D eigenvalue weighted by atomic mass is 19.3. The van der Waals surface area contributed by atoms with Gasteiger partial charge in [0.1, 0.15) is 0 Å². The first-order valence-corrected chi connectivity index (χ1v) is 10.4. The van der Waals surface area contributed by atoms with E-state index in [0.29, 0.717) is 37.5 Å². The molecule has 4 rings (SSSR count). The highest BCUT2D eigenvalue weighted by molar-refractivity contribution is 5.95. The van der Waals surface area contributed by atoms with Crippen molar-refractivity contribution in [3.8, 4) is 23.0 Å². The van der Waals surface area contributed by atoms with Crippen molar-refractivity contribution >= 4 is 5.91 Å². The molecule has 0 radical (unpaired) electrons. The number of nitrogens with zero attached hydrogens (tertiary/aromatic N) is 1. The monoisotopic (exact) mass is 433 g/mol. The van der Waals surface area contributed by atoms with Crippen molar-refractivity contribution in [1.29, 1.82) is 0 Å². The average Bonchev–Trinajstić information content (AvgIpc) is 2.98. The molecule has 0 saturated heterocycles. The van der Waals surface area contributed by atoms with Gasteiger partial charge in [0.25, 0.3) is 5.91 Å². The summed E-state index contributed by atoms with van der Waals surface area (Å²) in [6.07, 6.45) is 1.51. The van der Waals surface area contributed by atoms with Gasteiger partial charge in [-0.1, -0.05) is 0 Å². The zero-order valence-corrected chi connectivity index (χ0v) is 17.5. The van der Waals surface area contributed by atoms with E-state index in [2.05, 4.69) is 4.74 Å². The summed E-state index contributed by atoms with van der Waals surface area (Å²) >= 11 is 0. The van der Waals surface area contributed by atoms with E-state index in [0.717, 1.165) is 23.3 Å². The van der Waals surface area contributed by atoms with Gasteiger partial charge in [-0.2, -0.15) is 8.78 Å². The topological polar surface area (TPSA) is 57.2 Å². The number of carbonyl (C=O) groups excluding carboxylic acids is 1. The minimum atomic E-state index is -2.97. The second-order valence-corrected chi connectivity index (χ2v) is 7.45. The Hall–Kier alpha value is -3.03. The van der Waals surface area contributed by atoms with E-state index in [1.165, 1.54) is 18.2 Å². The second-order valence-electron chi connectivity index (χ2n) is 7.45. The molecule has 1 unspecified atom stereocenters. The number of amides is 1. The number of rotatable bonds is 5. The fraction of sp³-hybridized carbons (Fsp3) is 0.435. The molecule has 2 aliphatic heterocycles. The standard InChI is InChI=1S/C23H25F2NO5/c1-3-28-19-12-16(5-6-18(19)31-23(24)25)22(27)26-8-7-15-11-20-21(13-17(15)14(26)2)30-10-4-9-29-20/h5-6,11-14,23H,3-4,7-10H2,1-2H3. The van der Waals surface area contributed by atoms with Crippen molar-refractivity contribution in [1.82, 2.24) is 4.90 Å². The van der Waals surface area contributed by atoms with Crippen LogP contribution in [0.4, 0.5) is 8.78 Å². The third-order valence-corrected chi connectivity index (χ3v) is 5.52. The zero-order valence-electron chi connectivity index (χ0n) is 17.5.